The second-order valence-electron chi connectivity index (χ2n) is 6.78. The van der Waals surface area contributed by atoms with Crippen LogP contribution in [0.25, 0.3) is 5.69 Å². The predicted molar refractivity (Wildman–Crippen MR) is 103 cm³/mol. The summed E-state index contributed by atoms with van der Waals surface area (Å²) in [5.74, 6) is -1.83. The number of ether oxygens (including phenoxy) is 1. The normalized spacial score (nSPS) is 17.9. The number of nitrogens with zero attached hydrogens (tertiary/aromatic N) is 3. The highest BCUT2D eigenvalue weighted by Gasteiger charge is 2.33. The van der Waals surface area contributed by atoms with Gasteiger partial charge in [-0.3, -0.25) is 4.79 Å². The van der Waals surface area contributed by atoms with Crippen LogP contribution in [0.15, 0.2) is 24.3 Å². The molecule has 0 radical (unpaired) electrons. The van der Waals surface area contributed by atoms with E-state index >= 15 is 0 Å². The third-order valence-electron chi connectivity index (χ3n) is 4.76. The van der Waals surface area contributed by atoms with Gasteiger partial charge in [0.2, 0.25) is 0 Å². The molecule has 1 atom stereocenters. The van der Waals surface area contributed by atoms with Gasteiger partial charge in [0.25, 0.3) is 5.91 Å². The number of amides is 1. The molecular formula is C18H19ClFN3O5S. The number of carbonyl (C=O) groups excluding carboxylic acids is 2. The third kappa shape index (κ3) is 4.59. The van der Waals surface area contributed by atoms with Crippen LogP contribution in [0.4, 0.5) is 4.39 Å². The van der Waals surface area contributed by atoms with Crippen molar-refractivity contribution >= 4 is 33.3 Å². The number of sulfone groups is 1. The Labute approximate surface area is 172 Å². The Morgan fingerprint density at radius 1 is 1.34 bits per heavy atom. The number of likely N-dealkylation sites (N-methyl/N-ethyl adjacent to an activating group) is 1. The summed E-state index contributed by atoms with van der Waals surface area (Å²) < 4.78 is 42.6. The number of hydrogen-bond donors (Lipinski definition) is 0. The van der Waals surface area contributed by atoms with Gasteiger partial charge in [0, 0.05) is 13.1 Å². The van der Waals surface area contributed by atoms with E-state index in [9.17, 15) is 22.4 Å². The second-order valence-corrected chi connectivity index (χ2v) is 9.36. The fourth-order valence-electron chi connectivity index (χ4n) is 3.07. The minimum Gasteiger partial charge on any atom is -0.452 e. The van der Waals surface area contributed by atoms with Crippen molar-refractivity contribution in [1.29, 1.82) is 0 Å². The number of aryl methyl sites for hydroxylation is 1. The highest BCUT2D eigenvalue weighted by atomic mass is 35.5. The Morgan fingerprint density at radius 2 is 2.00 bits per heavy atom. The van der Waals surface area contributed by atoms with Crippen molar-refractivity contribution in [3.63, 3.8) is 0 Å². The smallest absolute Gasteiger partial charge is 0.343 e. The first-order valence-corrected chi connectivity index (χ1v) is 10.9. The predicted octanol–water partition coefficient (Wildman–Crippen LogP) is 1.78. The summed E-state index contributed by atoms with van der Waals surface area (Å²) in [5.41, 5.74) is 0.735. The number of aromatic nitrogens is 2. The number of carbonyl (C=O) groups is 2. The average Bonchev–Trinajstić information content (AvgIpc) is 3.18. The van der Waals surface area contributed by atoms with E-state index in [1.807, 2.05) is 0 Å². The molecule has 11 heteroatoms. The van der Waals surface area contributed by atoms with Gasteiger partial charge in [-0.1, -0.05) is 11.6 Å². The van der Waals surface area contributed by atoms with Gasteiger partial charge in [-0.05, 0) is 37.6 Å². The molecule has 1 aliphatic rings. The number of hydrogen-bond acceptors (Lipinski definition) is 6. The molecule has 1 fully saturated rings. The molecule has 0 bridgehead atoms. The summed E-state index contributed by atoms with van der Waals surface area (Å²) in [5, 5.41) is 4.15. The molecule has 0 aliphatic carbocycles. The minimum absolute atomic E-state index is 0.00473. The van der Waals surface area contributed by atoms with Crippen LogP contribution < -0.4 is 0 Å². The first kappa shape index (κ1) is 21.3. The van der Waals surface area contributed by atoms with Gasteiger partial charge in [0.05, 0.1) is 22.9 Å². The monoisotopic (exact) mass is 443 g/mol. The van der Waals surface area contributed by atoms with Gasteiger partial charge in [-0.2, -0.15) is 5.10 Å². The lowest BCUT2D eigenvalue weighted by Crippen LogP contribution is -2.40. The van der Waals surface area contributed by atoms with Gasteiger partial charge in [-0.25, -0.2) is 22.3 Å². The molecule has 3 rings (SSSR count). The summed E-state index contributed by atoms with van der Waals surface area (Å²) in [7, 11) is -1.66. The largest absolute Gasteiger partial charge is 0.452 e. The number of rotatable bonds is 5. The van der Waals surface area contributed by atoms with Crippen molar-refractivity contribution in [3.8, 4) is 5.69 Å². The zero-order valence-corrected chi connectivity index (χ0v) is 17.3. The van der Waals surface area contributed by atoms with Crippen LogP contribution in [0.2, 0.25) is 5.15 Å². The molecule has 1 unspecified atom stereocenters. The Morgan fingerprint density at radius 3 is 2.59 bits per heavy atom. The Kier molecular flexibility index (Phi) is 5.95. The molecule has 0 saturated carbocycles. The molecule has 1 aromatic heterocycles. The molecule has 2 aromatic rings. The first-order chi connectivity index (χ1) is 13.6. The number of benzene rings is 1. The van der Waals surface area contributed by atoms with Gasteiger partial charge in [0.1, 0.15) is 16.5 Å². The standard InChI is InChI=1S/C18H19ClFN3O5S/c1-11-16(17(19)23(21-11)13-5-3-12(20)4-6-13)18(25)28-9-15(24)22(2)14-7-8-29(26,27)10-14/h3-6,14H,7-10H2,1-2H3. The molecule has 0 N–H and O–H groups in total. The SMILES string of the molecule is Cc1nn(-c2ccc(F)cc2)c(Cl)c1C(=O)OCC(=O)N(C)C1CCS(=O)(=O)C1. The molecule has 1 aliphatic heterocycles. The summed E-state index contributed by atoms with van der Waals surface area (Å²) >= 11 is 6.26. The van der Waals surface area contributed by atoms with Gasteiger partial charge < -0.3 is 9.64 Å². The molecule has 1 saturated heterocycles. The van der Waals surface area contributed by atoms with Crippen LogP contribution in [0.1, 0.15) is 22.5 Å². The van der Waals surface area contributed by atoms with Gasteiger partial charge in [-0.15, -0.1) is 0 Å². The van der Waals surface area contributed by atoms with Crippen LogP contribution in [-0.2, 0) is 19.4 Å². The Bertz CT molecular complexity index is 1050. The fraction of sp³-hybridized carbons (Fsp3) is 0.389. The van der Waals surface area contributed by atoms with Crippen molar-refractivity contribution in [2.24, 2.45) is 0 Å². The molecule has 2 heterocycles. The first-order valence-electron chi connectivity index (χ1n) is 8.73. The Balaban J connectivity index is 1.68. The maximum absolute atomic E-state index is 13.1. The van der Waals surface area contributed by atoms with E-state index in [1.54, 1.807) is 6.92 Å². The minimum atomic E-state index is -3.14. The van der Waals surface area contributed by atoms with Crippen molar-refractivity contribution < 1.29 is 27.1 Å². The van der Waals surface area contributed by atoms with E-state index in [-0.39, 0.29) is 27.9 Å². The molecule has 29 heavy (non-hydrogen) atoms. The number of halogens is 2. The quantitative estimate of drug-likeness (QED) is 0.653. The third-order valence-corrected chi connectivity index (χ3v) is 6.86. The van der Waals surface area contributed by atoms with Crippen molar-refractivity contribution in [2.45, 2.75) is 19.4 Å². The lowest BCUT2D eigenvalue weighted by Gasteiger charge is -2.23. The van der Waals surface area contributed by atoms with E-state index in [0.717, 1.165) is 0 Å². The maximum atomic E-state index is 13.1. The van der Waals surface area contributed by atoms with E-state index in [2.05, 4.69) is 5.10 Å². The Hall–Kier alpha value is -2.46. The second kappa shape index (κ2) is 8.11. The molecule has 8 nitrogen and oxygen atoms in total. The zero-order valence-electron chi connectivity index (χ0n) is 15.8. The highest BCUT2D eigenvalue weighted by molar-refractivity contribution is 7.91. The number of esters is 1. The van der Waals surface area contributed by atoms with Crippen LogP contribution in [0.5, 0.6) is 0 Å². The molecule has 156 valence electrons. The summed E-state index contributed by atoms with van der Waals surface area (Å²) in [6.07, 6.45) is 0.355. The van der Waals surface area contributed by atoms with Gasteiger partial charge >= 0.3 is 5.97 Å². The summed E-state index contributed by atoms with van der Waals surface area (Å²) in [6, 6.07) is 4.95. The van der Waals surface area contributed by atoms with Crippen molar-refractivity contribution in [2.75, 3.05) is 25.2 Å². The average molecular weight is 444 g/mol. The topological polar surface area (TPSA) is 98.6 Å². The van der Waals surface area contributed by atoms with Crippen LogP contribution >= 0.6 is 11.6 Å². The van der Waals surface area contributed by atoms with Crippen molar-refractivity contribution in [1.82, 2.24) is 14.7 Å². The van der Waals surface area contributed by atoms with E-state index in [4.69, 9.17) is 16.3 Å². The van der Waals surface area contributed by atoms with E-state index in [1.165, 1.54) is 40.9 Å². The maximum Gasteiger partial charge on any atom is 0.343 e. The zero-order chi connectivity index (χ0) is 21.3. The van der Waals surface area contributed by atoms with Crippen LogP contribution in [0, 0.1) is 12.7 Å². The van der Waals surface area contributed by atoms with E-state index < -0.39 is 40.2 Å². The molecular weight excluding hydrogens is 425 g/mol. The van der Waals surface area contributed by atoms with Crippen LogP contribution in [0.3, 0.4) is 0 Å². The lowest BCUT2D eigenvalue weighted by molar-refractivity contribution is -0.134. The van der Waals surface area contributed by atoms with Gasteiger partial charge in [0.15, 0.2) is 16.4 Å². The highest BCUT2D eigenvalue weighted by Crippen LogP contribution is 2.24. The lowest BCUT2D eigenvalue weighted by atomic mass is 10.2. The van der Waals surface area contributed by atoms with Crippen LogP contribution in [-0.4, -0.2) is 66.2 Å². The van der Waals surface area contributed by atoms with E-state index in [0.29, 0.717) is 12.1 Å². The summed E-state index contributed by atoms with van der Waals surface area (Å²) in [4.78, 5) is 26.0. The van der Waals surface area contributed by atoms with Crippen molar-refractivity contribution in [3.05, 3.63) is 46.5 Å². The molecule has 1 amide bonds. The summed E-state index contributed by atoms with van der Waals surface area (Å²) in [6.45, 7) is 1.00. The fourth-order valence-corrected chi connectivity index (χ4v) is 5.19. The molecule has 1 aromatic carbocycles. The molecule has 0 spiro atoms.